The molecule has 0 aromatic heterocycles. The second-order valence-electron chi connectivity index (χ2n) is 4.10. The second-order valence-corrected chi connectivity index (χ2v) is 4.10. The predicted molar refractivity (Wildman–Crippen MR) is 46.8 cm³/mol. The van der Waals surface area contributed by atoms with Gasteiger partial charge in [-0.15, -0.1) is 0 Å². The Morgan fingerprint density at radius 3 is 2.43 bits per heavy atom. The topological polar surface area (TPSA) is 77.8 Å². The molecule has 0 spiro atoms. The Bertz CT molecular complexity index is 264. The Balaban J connectivity index is 2.12. The molecule has 5 heteroatoms. The van der Waals surface area contributed by atoms with Gasteiger partial charge in [-0.3, -0.25) is 14.5 Å². The third kappa shape index (κ3) is 1.37. The van der Waals surface area contributed by atoms with Crippen molar-refractivity contribution in [3.63, 3.8) is 0 Å². The van der Waals surface area contributed by atoms with Crippen LogP contribution < -0.4 is 0 Å². The number of hydrogen-bond donors (Lipinski definition) is 2. The summed E-state index contributed by atoms with van der Waals surface area (Å²) in [6.45, 7) is 1.12. The Hall–Kier alpha value is -1.10. The van der Waals surface area contributed by atoms with Gasteiger partial charge in [0.25, 0.3) is 0 Å². The molecule has 2 bridgehead atoms. The molecule has 14 heavy (non-hydrogen) atoms. The number of hydrogen-bond acceptors (Lipinski definition) is 3. The number of carboxylic acids is 2. The summed E-state index contributed by atoms with van der Waals surface area (Å²) in [5, 5.41) is 17.8. The lowest BCUT2D eigenvalue weighted by molar-refractivity contribution is -0.151. The SMILES string of the molecule is O=C(O)C1CC2CCN(C1)C2C(=O)O. The van der Waals surface area contributed by atoms with E-state index in [0.29, 0.717) is 13.0 Å². The van der Waals surface area contributed by atoms with Gasteiger partial charge in [0, 0.05) is 6.54 Å². The Labute approximate surface area is 81.3 Å². The summed E-state index contributed by atoms with van der Waals surface area (Å²) in [6, 6.07) is -0.439. The summed E-state index contributed by atoms with van der Waals surface area (Å²) in [6.07, 6.45) is 1.34. The molecule has 0 amide bonds. The lowest BCUT2D eigenvalue weighted by Crippen LogP contribution is -2.48. The van der Waals surface area contributed by atoms with Crippen LogP contribution >= 0.6 is 0 Å². The fourth-order valence-corrected chi connectivity index (χ4v) is 2.64. The van der Waals surface area contributed by atoms with Gasteiger partial charge in [0.05, 0.1) is 5.92 Å². The second kappa shape index (κ2) is 3.24. The molecule has 2 N–H and O–H groups in total. The highest BCUT2D eigenvalue weighted by Gasteiger charge is 2.46. The van der Waals surface area contributed by atoms with Crippen LogP contribution in [-0.2, 0) is 9.59 Å². The third-order valence-corrected chi connectivity index (χ3v) is 3.27. The molecule has 5 nitrogen and oxygen atoms in total. The molecule has 2 rings (SSSR count). The molecule has 78 valence electrons. The average molecular weight is 199 g/mol. The molecule has 2 heterocycles. The van der Waals surface area contributed by atoms with Gasteiger partial charge in [0.1, 0.15) is 6.04 Å². The minimum atomic E-state index is -0.809. The van der Waals surface area contributed by atoms with Crippen LogP contribution in [0.3, 0.4) is 0 Å². The van der Waals surface area contributed by atoms with Crippen LogP contribution in [0.25, 0.3) is 0 Å². The molecule has 0 aliphatic carbocycles. The molecule has 0 radical (unpaired) electrons. The van der Waals surface area contributed by atoms with Crippen molar-refractivity contribution in [3.05, 3.63) is 0 Å². The van der Waals surface area contributed by atoms with Crippen molar-refractivity contribution < 1.29 is 19.8 Å². The predicted octanol–water partition coefficient (Wildman–Crippen LogP) is -0.134. The third-order valence-electron chi connectivity index (χ3n) is 3.27. The van der Waals surface area contributed by atoms with Gasteiger partial charge in [-0.05, 0) is 25.3 Å². The molecule has 0 saturated carbocycles. The standard InChI is InChI=1S/C9H13NO4/c11-8(12)6-3-5-1-2-10(4-6)7(5)9(13)14/h5-7H,1-4H2,(H,11,12)(H,13,14). The van der Waals surface area contributed by atoms with Crippen LogP contribution in [0.15, 0.2) is 0 Å². The van der Waals surface area contributed by atoms with E-state index in [0.717, 1.165) is 13.0 Å². The fourth-order valence-electron chi connectivity index (χ4n) is 2.64. The van der Waals surface area contributed by atoms with E-state index in [1.54, 1.807) is 4.90 Å². The summed E-state index contributed by atoms with van der Waals surface area (Å²) in [4.78, 5) is 23.5. The first kappa shape index (κ1) is 9.45. The van der Waals surface area contributed by atoms with Crippen LogP contribution in [0.5, 0.6) is 0 Å². The minimum absolute atomic E-state index is 0.0300. The fraction of sp³-hybridized carbons (Fsp3) is 0.778. The van der Waals surface area contributed by atoms with Gasteiger partial charge < -0.3 is 10.2 Å². The highest BCUT2D eigenvalue weighted by atomic mass is 16.4. The van der Waals surface area contributed by atoms with Crippen molar-refractivity contribution in [1.82, 2.24) is 4.90 Å². The number of carboxylic acid groups (broad SMARTS) is 2. The van der Waals surface area contributed by atoms with Gasteiger partial charge in [-0.1, -0.05) is 0 Å². The number of nitrogens with zero attached hydrogens (tertiary/aromatic N) is 1. The van der Waals surface area contributed by atoms with E-state index < -0.39 is 18.0 Å². The zero-order valence-corrected chi connectivity index (χ0v) is 7.72. The molecule has 2 aliphatic heterocycles. The Morgan fingerprint density at radius 2 is 1.93 bits per heavy atom. The largest absolute Gasteiger partial charge is 0.481 e. The summed E-state index contributed by atoms with van der Waals surface area (Å²) in [5.41, 5.74) is 0. The highest BCUT2D eigenvalue weighted by Crippen LogP contribution is 2.36. The first-order valence-corrected chi connectivity index (χ1v) is 4.79. The summed E-state index contributed by atoms with van der Waals surface area (Å²) in [5.74, 6) is -1.96. The normalized spacial score (nSPS) is 40.9. The minimum Gasteiger partial charge on any atom is -0.481 e. The maximum atomic E-state index is 10.9. The monoisotopic (exact) mass is 199 g/mol. The van der Waals surface area contributed by atoms with Gasteiger partial charge in [0.15, 0.2) is 0 Å². The molecule has 2 saturated heterocycles. The number of carbonyl (C=O) groups is 2. The van der Waals surface area contributed by atoms with E-state index in [1.807, 2.05) is 0 Å². The zero-order valence-electron chi connectivity index (χ0n) is 7.72. The van der Waals surface area contributed by atoms with E-state index in [1.165, 1.54) is 0 Å². The lowest BCUT2D eigenvalue weighted by atomic mass is 9.85. The maximum absolute atomic E-state index is 10.9. The summed E-state index contributed by atoms with van der Waals surface area (Å²) < 4.78 is 0. The van der Waals surface area contributed by atoms with Crippen molar-refractivity contribution in [1.29, 1.82) is 0 Å². The van der Waals surface area contributed by atoms with E-state index in [9.17, 15) is 9.59 Å². The maximum Gasteiger partial charge on any atom is 0.321 e. The molecular formula is C9H13NO4. The van der Waals surface area contributed by atoms with E-state index in [4.69, 9.17) is 10.2 Å². The molecule has 0 aromatic rings. The van der Waals surface area contributed by atoms with Crippen molar-refractivity contribution in [2.75, 3.05) is 13.1 Å². The number of piperidine rings is 1. The first-order valence-electron chi connectivity index (χ1n) is 4.79. The van der Waals surface area contributed by atoms with Crippen molar-refractivity contribution in [2.24, 2.45) is 11.8 Å². The number of aliphatic carboxylic acids is 2. The molecule has 4 atom stereocenters. The number of fused-ring (bicyclic) bond motifs is 2. The molecule has 4 unspecified atom stereocenters. The average Bonchev–Trinajstić information content (AvgIpc) is 2.37. The quantitative estimate of drug-likeness (QED) is 0.647. The van der Waals surface area contributed by atoms with Crippen molar-refractivity contribution in [3.8, 4) is 0 Å². The zero-order chi connectivity index (χ0) is 10.3. The molecule has 2 aliphatic rings. The van der Waals surface area contributed by atoms with Crippen LogP contribution in [0, 0.1) is 11.8 Å². The smallest absolute Gasteiger partial charge is 0.321 e. The van der Waals surface area contributed by atoms with Crippen molar-refractivity contribution >= 4 is 11.9 Å². The van der Waals surface area contributed by atoms with Crippen molar-refractivity contribution in [2.45, 2.75) is 18.9 Å². The van der Waals surface area contributed by atoms with Crippen LogP contribution in [0.1, 0.15) is 12.8 Å². The van der Waals surface area contributed by atoms with E-state index in [-0.39, 0.29) is 11.8 Å². The molecular weight excluding hydrogens is 186 g/mol. The lowest BCUT2D eigenvalue weighted by Gasteiger charge is -2.33. The van der Waals surface area contributed by atoms with E-state index >= 15 is 0 Å². The molecule has 2 fully saturated rings. The molecule has 0 aromatic carbocycles. The summed E-state index contributed by atoms with van der Waals surface area (Å²) >= 11 is 0. The van der Waals surface area contributed by atoms with Gasteiger partial charge in [-0.2, -0.15) is 0 Å². The van der Waals surface area contributed by atoms with Crippen LogP contribution in [0.4, 0.5) is 0 Å². The van der Waals surface area contributed by atoms with Crippen LogP contribution in [-0.4, -0.2) is 46.2 Å². The first-order chi connectivity index (χ1) is 6.59. The highest BCUT2D eigenvalue weighted by molar-refractivity contribution is 5.76. The van der Waals surface area contributed by atoms with Crippen LogP contribution in [0.2, 0.25) is 0 Å². The van der Waals surface area contributed by atoms with Gasteiger partial charge in [0.2, 0.25) is 0 Å². The van der Waals surface area contributed by atoms with Gasteiger partial charge >= 0.3 is 11.9 Å². The Morgan fingerprint density at radius 1 is 1.21 bits per heavy atom. The van der Waals surface area contributed by atoms with Gasteiger partial charge in [-0.25, -0.2) is 0 Å². The Kier molecular flexibility index (Phi) is 2.19. The number of rotatable bonds is 2. The summed E-state index contributed by atoms with van der Waals surface area (Å²) in [7, 11) is 0. The van der Waals surface area contributed by atoms with E-state index in [2.05, 4.69) is 0 Å².